The van der Waals surface area contributed by atoms with Crippen LogP contribution in [-0.2, 0) is 4.79 Å². The number of carbonyl (C=O) groups excluding carboxylic acids is 1. The minimum atomic E-state index is -0.264. The Balaban J connectivity index is 2.19. The summed E-state index contributed by atoms with van der Waals surface area (Å²) < 4.78 is 0. The molecule has 10 heavy (non-hydrogen) atoms. The topological polar surface area (TPSA) is 53.2 Å². The molecule has 2 aliphatic heterocycles. The highest BCUT2D eigenvalue weighted by Crippen LogP contribution is 2.21. The highest BCUT2D eigenvalue weighted by Gasteiger charge is 2.44. The third-order valence-corrected chi connectivity index (χ3v) is 2.28. The van der Waals surface area contributed by atoms with E-state index in [1.807, 2.05) is 0 Å². The molecule has 0 aromatic rings. The maximum absolute atomic E-state index is 11.2. The third-order valence-electron chi connectivity index (χ3n) is 2.28. The maximum atomic E-state index is 11.2. The van der Waals surface area contributed by atoms with Gasteiger partial charge in [-0.1, -0.05) is 0 Å². The maximum Gasteiger partial charge on any atom is 0.241 e. The van der Waals surface area contributed by atoms with Crippen molar-refractivity contribution in [3.05, 3.63) is 0 Å². The van der Waals surface area contributed by atoms with Gasteiger partial charge in [0.15, 0.2) is 0 Å². The van der Waals surface area contributed by atoms with Crippen molar-refractivity contribution in [3.8, 4) is 0 Å². The zero-order chi connectivity index (χ0) is 7.03. The average molecular weight is 141 g/mol. The summed E-state index contributed by atoms with van der Waals surface area (Å²) in [4.78, 5) is 11.2. The molecule has 56 valence electrons. The zero-order valence-electron chi connectivity index (χ0n) is 5.74. The predicted molar refractivity (Wildman–Crippen MR) is 36.1 cm³/mol. The molecule has 1 atom stereocenters. The molecule has 2 aliphatic rings. The first-order chi connectivity index (χ1) is 4.83. The van der Waals surface area contributed by atoms with Crippen LogP contribution in [0.15, 0.2) is 0 Å². The van der Waals surface area contributed by atoms with Crippen molar-refractivity contribution in [3.63, 3.8) is 0 Å². The van der Waals surface area contributed by atoms with Crippen molar-refractivity contribution >= 4 is 5.91 Å². The lowest BCUT2D eigenvalue weighted by atomic mass is 9.96. The number of hydrogen-bond donors (Lipinski definition) is 3. The van der Waals surface area contributed by atoms with E-state index in [9.17, 15) is 4.79 Å². The lowest BCUT2D eigenvalue weighted by molar-refractivity contribution is -0.124. The number of nitrogens with one attached hydrogen (secondary N) is 3. The van der Waals surface area contributed by atoms with E-state index in [4.69, 9.17) is 0 Å². The molecule has 0 aromatic heterocycles. The van der Waals surface area contributed by atoms with Crippen molar-refractivity contribution in [2.24, 2.45) is 0 Å². The van der Waals surface area contributed by atoms with E-state index >= 15 is 0 Å². The molecule has 0 aromatic carbocycles. The summed E-state index contributed by atoms with van der Waals surface area (Å²) in [5, 5.41) is 2.81. The van der Waals surface area contributed by atoms with Crippen LogP contribution in [0, 0.1) is 0 Å². The lowest BCUT2D eigenvalue weighted by Gasteiger charge is -2.17. The quantitative estimate of drug-likeness (QED) is 0.395. The molecule has 0 radical (unpaired) electrons. The smallest absolute Gasteiger partial charge is 0.241 e. The summed E-state index contributed by atoms with van der Waals surface area (Å²) in [5.74, 6) is 0.150. The molecule has 4 heteroatoms. The van der Waals surface area contributed by atoms with Gasteiger partial charge in [-0.15, -0.1) is 0 Å². The molecule has 2 fully saturated rings. The fourth-order valence-corrected chi connectivity index (χ4v) is 1.60. The van der Waals surface area contributed by atoms with Crippen LogP contribution in [-0.4, -0.2) is 24.5 Å². The zero-order valence-corrected chi connectivity index (χ0v) is 5.74. The Labute approximate surface area is 59.3 Å². The van der Waals surface area contributed by atoms with Crippen LogP contribution in [0.25, 0.3) is 0 Å². The lowest BCUT2D eigenvalue weighted by Crippen LogP contribution is -2.49. The number of rotatable bonds is 0. The second-order valence-corrected chi connectivity index (χ2v) is 2.89. The highest BCUT2D eigenvalue weighted by molar-refractivity contribution is 5.88. The van der Waals surface area contributed by atoms with Crippen molar-refractivity contribution < 1.29 is 4.79 Å². The van der Waals surface area contributed by atoms with E-state index in [2.05, 4.69) is 16.2 Å². The summed E-state index contributed by atoms with van der Waals surface area (Å²) in [6.07, 6.45) is 1.83. The van der Waals surface area contributed by atoms with Crippen molar-refractivity contribution in [1.82, 2.24) is 16.2 Å². The Morgan fingerprint density at radius 2 is 2.10 bits per heavy atom. The predicted octanol–water partition coefficient (Wildman–Crippen LogP) is -1.26. The van der Waals surface area contributed by atoms with Crippen LogP contribution in [0.2, 0.25) is 0 Å². The van der Waals surface area contributed by atoms with Gasteiger partial charge in [0.2, 0.25) is 5.91 Å². The Morgan fingerprint density at radius 3 is 2.60 bits per heavy atom. The summed E-state index contributed by atoms with van der Waals surface area (Å²) in [7, 11) is 0. The number of hydrazine groups is 1. The molecule has 1 amide bonds. The Hall–Kier alpha value is -0.610. The first kappa shape index (κ1) is 6.12. The highest BCUT2D eigenvalue weighted by atomic mass is 16.2. The van der Waals surface area contributed by atoms with Crippen molar-refractivity contribution in [2.75, 3.05) is 13.1 Å². The molecule has 3 N–H and O–H groups in total. The largest absolute Gasteiger partial charge is 0.354 e. The second kappa shape index (κ2) is 1.93. The summed E-state index contributed by atoms with van der Waals surface area (Å²) in [6, 6.07) is 0. The molecule has 4 nitrogen and oxygen atoms in total. The molecular formula is C6H11N3O. The van der Waals surface area contributed by atoms with Gasteiger partial charge >= 0.3 is 0 Å². The van der Waals surface area contributed by atoms with E-state index < -0.39 is 0 Å². The van der Waals surface area contributed by atoms with Gasteiger partial charge in [-0.25, -0.2) is 5.43 Å². The van der Waals surface area contributed by atoms with Gasteiger partial charge in [-0.05, 0) is 12.8 Å². The molecule has 2 saturated heterocycles. The fraction of sp³-hybridized carbons (Fsp3) is 0.833. The van der Waals surface area contributed by atoms with Gasteiger partial charge in [-0.3, -0.25) is 10.2 Å². The summed E-state index contributed by atoms with van der Waals surface area (Å²) in [5.41, 5.74) is 5.73. The molecule has 1 spiro atoms. The third kappa shape index (κ3) is 0.660. The first-order valence-electron chi connectivity index (χ1n) is 3.62. The number of hydrogen-bond acceptors (Lipinski definition) is 3. The normalized spacial score (nSPS) is 39.0. The van der Waals surface area contributed by atoms with Gasteiger partial charge in [0.1, 0.15) is 5.54 Å². The molecule has 1 unspecified atom stereocenters. The van der Waals surface area contributed by atoms with Gasteiger partial charge in [-0.2, -0.15) is 0 Å². The SMILES string of the molecule is O=C1NCCC12CCNN2. The molecule has 2 rings (SSSR count). The average Bonchev–Trinajstić information content (AvgIpc) is 2.48. The minimum Gasteiger partial charge on any atom is -0.354 e. The van der Waals surface area contributed by atoms with Crippen LogP contribution in [0.4, 0.5) is 0 Å². The van der Waals surface area contributed by atoms with E-state index in [1.165, 1.54) is 0 Å². The fourth-order valence-electron chi connectivity index (χ4n) is 1.60. The van der Waals surface area contributed by atoms with E-state index in [0.29, 0.717) is 0 Å². The van der Waals surface area contributed by atoms with E-state index in [1.54, 1.807) is 0 Å². The monoisotopic (exact) mass is 141 g/mol. The van der Waals surface area contributed by atoms with Crippen LogP contribution >= 0.6 is 0 Å². The van der Waals surface area contributed by atoms with Crippen LogP contribution < -0.4 is 16.2 Å². The Morgan fingerprint density at radius 1 is 1.30 bits per heavy atom. The molecule has 2 heterocycles. The first-order valence-corrected chi connectivity index (χ1v) is 3.62. The summed E-state index contributed by atoms with van der Waals surface area (Å²) in [6.45, 7) is 1.71. The molecule has 0 saturated carbocycles. The number of carbonyl (C=O) groups is 1. The molecular weight excluding hydrogens is 130 g/mol. The van der Waals surface area contributed by atoms with Gasteiger partial charge < -0.3 is 5.32 Å². The van der Waals surface area contributed by atoms with Crippen molar-refractivity contribution in [1.29, 1.82) is 0 Å². The van der Waals surface area contributed by atoms with Crippen LogP contribution in [0.1, 0.15) is 12.8 Å². The van der Waals surface area contributed by atoms with Gasteiger partial charge in [0.05, 0.1) is 0 Å². The van der Waals surface area contributed by atoms with Crippen LogP contribution in [0.3, 0.4) is 0 Å². The van der Waals surface area contributed by atoms with Crippen LogP contribution in [0.5, 0.6) is 0 Å². The second-order valence-electron chi connectivity index (χ2n) is 2.89. The van der Waals surface area contributed by atoms with E-state index in [-0.39, 0.29) is 11.4 Å². The van der Waals surface area contributed by atoms with Crippen molar-refractivity contribution in [2.45, 2.75) is 18.4 Å². The minimum absolute atomic E-state index is 0.150. The Bertz CT molecular complexity index is 157. The molecule has 0 aliphatic carbocycles. The number of amides is 1. The van der Waals surface area contributed by atoms with E-state index in [0.717, 1.165) is 25.9 Å². The van der Waals surface area contributed by atoms with Gasteiger partial charge in [0.25, 0.3) is 0 Å². The summed E-state index contributed by atoms with van der Waals surface area (Å²) >= 11 is 0. The molecule has 0 bridgehead atoms. The standard InChI is InChI=1S/C6H11N3O/c10-5-6(1-3-7-5)2-4-8-9-6/h8-9H,1-4H2,(H,7,10). The van der Waals surface area contributed by atoms with Gasteiger partial charge in [0, 0.05) is 13.1 Å². The Kier molecular flexibility index (Phi) is 1.18.